The molecule has 0 bridgehead atoms. The number of carbonyl (C=O) groups excluding carboxylic acids is 1. The number of hydrogen-bond donors (Lipinski definition) is 0. The molecule has 0 aliphatic carbocycles. The van der Waals surface area contributed by atoms with Crippen LogP contribution in [0.3, 0.4) is 0 Å². The van der Waals surface area contributed by atoms with Crippen molar-refractivity contribution in [3.63, 3.8) is 0 Å². The largest absolute Gasteiger partial charge is 0.466 e. The van der Waals surface area contributed by atoms with Crippen molar-refractivity contribution in [2.75, 3.05) is 26.7 Å². The van der Waals surface area contributed by atoms with Gasteiger partial charge in [-0.3, -0.25) is 4.79 Å². The van der Waals surface area contributed by atoms with Crippen molar-refractivity contribution in [2.24, 2.45) is 0 Å². The maximum atomic E-state index is 11.2. The van der Waals surface area contributed by atoms with Crippen LogP contribution in [0.25, 0.3) is 0 Å². The average molecular weight is 201 g/mol. The minimum Gasteiger partial charge on any atom is -0.466 e. The molecule has 3 nitrogen and oxygen atoms in total. The van der Waals surface area contributed by atoms with E-state index in [4.69, 9.17) is 4.74 Å². The number of nitrogens with zero attached hydrogens (tertiary/aromatic N) is 1. The molecule has 0 N–H and O–H groups in total. The molecule has 14 heavy (non-hydrogen) atoms. The first-order chi connectivity index (χ1) is 6.70. The zero-order chi connectivity index (χ0) is 10.8. The Bertz CT molecular complexity index is 148. The van der Waals surface area contributed by atoms with Gasteiger partial charge in [0.1, 0.15) is 0 Å². The van der Waals surface area contributed by atoms with Crippen LogP contribution in [0, 0.1) is 0 Å². The Labute approximate surface area is 87.4 Å². The van der Waals surface area contributed by atoms with Crippen molar-refractivity contribution < 1.29 is 9.53 Å². The van der Waals surface area contributed by atoms with Crippen molar-refractivity contribution in [1.82, 2.24) is 4.90 Å². The third-order valence-electron chi connectivity index (χ3n) is 2.06. The van der Waals surface area contributed by atoms with Crippen LogP contribution in [0.5, 0.6) is 0 Å². The molecular formula is C11H23NO2. The fourth-order valence-corrected chi connectivity index (χ4v) is 1.18. The van der Waals surface area contributed by atoms with E-state index in [1.807, 2.05) is 7.05 Å². The number of unbranched alkanes of at least 4 members (excludes halogenated alkanes) is 1. The predicted octanol–water partition coefficient (Wildman–Crippen LogP) is 2.06. The van der Waals surface area contributed by atoms with Gasteiger partial charge in [0.15, 0.2) is 0 Å². The summed E-state index contributed by atoms with van der Waals surface area (Å²) in [5.74, 6) is -0.0681. The SMILES string of the molecule is CCCCOC(=O)CCN(C)CCC. The quantitative estimate of drug-likeness (QED) is 0.445. The third-order valence-corrected chi connectivity index (χ3v) is 2.06. The molecule has 0 saturated carbocycles. The maximum absolute atomic E-state index is 11.2. The van der Waals surface area contributed by atoms with Gasteiger partial charge < -0.3 is 9.64 Å². The Hall–Kier alpha value is -0.570. The van der Waals surface area contributed by atoms with Crippen molar-refractivity contribution in [3.05, 3.63) is 0 Å². The molecule has 0 spiro atoms. The standard InChI is InChI=1S/C11H23NO2/c1-4-6-10-14-11(13)7-9-12(3)8-5-2/h4-10H2,1-3H3. The van der Waals surface area contributed by atoms with E-state index >= 15 is 0 Å². The summed E-state index contributed by atoms with van der Waals surface area (Å²) in [6, 6.07) is 0. The minimum atomic E-state index is -0.0681. The molecule has 0 fully saturated rings. The van der Waals surface area contributed by atoms with Crippen molar-refractivity contribution in [1.29, 1.82) is 0 Å². The molecule has 0 aliphatic rings. The molecule has 0 rings (SSSR count). The van der Waals surface area contributed by atoms with Gasteiger partial charge in [0.2, 0.25) is 0 Å². The van der Waals surface area contributed by atoms with Gasteiger partial charge in [-0.2, -0.15) is 0 Å². The topological polar surface area (TPSA) is 29.5 Å². The number of rotatable bonds is 8. The van der Waals surface area contributed by atoms with E-state index in [-0.39, 0.29) is 5.97 Å². The number of carbonyl (C=O) groups is 1. The van der Waals surface area contributed by atoms with Crippen molar-refractivity contribution in [3.8, 4) is 0 Å². The van der Waals surface area contributed by atoms with Crippen LogP contribution in [0.15, 0.2) is 0 Å². The summed E-state index contributed by atoms with van der Waals surface area (Å²) in [4.78, 5) is 13.3. The summed E-state index contributed by atoms with van der Waals surface area (Å²) in [7, 11) is 2.03. The highest BCUT2D eigenvalue weighted by Gasteiger charge is 2.04. The monoisotopic (exact) mass is 201 g/mol. The van der Waals surface area contributed by atoms with Gasteiger partial charge in [0.05, 0.1) is 13.0 Å². The second-order valence-corrected chi connectivity index (χ2v) is 3.63. The third kappa shape index (κ3) is 8.05. The summed E-state index contributed by atoms with van der Waals surface area (Å²) in [6.07, 6.45) is 3.68. The van der Waals surface area contributed by atoms with E-state index in [1.165, 1.54) is 0 Å². The van der Waals surface area contributed by atoms with Crippen molar-refractivity contribution in [2.45, 2.75) is 39.5 Å². The zero-order valence-corrected chi connectivity index (χ0v) is 9.71. The highest BCUT2D eigenvalue weighted by atomic mass is 16.5. The predicted molar refractivity (Wildman–Crippen MR) is 58.3 cm³/mol. The first-order valence-electron chi connectivity index (χ1n) is 5.54. The molecule has 0 aliphatic heterocycles. The fraction of sp³-hybridized carbons (Fsp3) is 0.909. The van der Waals surface area contributed by atoms with E-state index < -0.39 is 0 Å². The lowest BCUT2D eigenvalue weighted by Gasteiger charge is -2.14. The Morgan fingerprint density at radius 1 is 1.21 bits per heavy atom. The first kappa shape index (κ1) is 13.4. The van der Waals surface area contributed by atoms with Crippen LogP contribution in [0.4, 0.5) is 0 Å². The minimum absolute atomic E-state index is 0.0681. The van der Waals surface area contributed by atoms with Gasteiger partial charge in [-0.25, -0.2) is 0 Å². The van der Waals surface area contributed by atoms with Crippen LogP contribution >= 0.6 is 0 Å². The molecule has 0 heterocycles. The molecule has 0 atom stereocenters. The molecule has 0 unspecified atom stereocenters. The lowest BCUT2D eigenvalue weighted by Crippen LogP contribution is -2.23. The van der Waals surface area contributed by atoms with Gasteiger partial charge in [-0.15, -0.1) is 0 Å². The van der Waals surface area contributed by atoms with E-state index in [0.29, 0.717) is 13.0 Å². The molecular weight excluding hydrogens is 178 g/mol. The van der Waals surface area contributed by atoms with Crippen LogP contribution < -0.4 is 0 Å². The second kappa shape index (κ2) is 9.00. The van der Waals surface area contributed by atoms with Gasteiger partial charge in [0, 0.05) is 6.54 Å². The second-order valence-electron chi connectivity index (χ2n) is 3.63. The Balaban J connectivity index is 3.34. The molecule has 0 aromatic heterocycles. The van der Waals surface area contributed by atoms with Crippen LogP contribution in [0.2, 0.25) is 0 Å². The van der Waals surface area contributed by atoms with Gasteiger partial charge in [0.25, 0.3) is 0 Å². The Morgan fingerprint density at radius 2 is 1.93 bits per heavy atom. The lowest BCUT2D eigenvalue weighted by atomic mass is 10.3. The van der Waals surface area contributed by atoms with E-state index in [0.717, 1.165) is 32.4 Å². The molecule has 0 saturated heterocycles. The number of ether oxygens (including phenoxy) is 1. The number of esters is 1. The van der Waals surface area contributed by atoms with Crippen molar-refractivity contribution >= 4 is 5.97 Å². The molecule has 0 radical (unpaired) electrons. The van der Waals surface area contributed by atoms with Gasteiger partial charge in [-0.05, 0) is 26.4 Å². The summed E-state index contributed by atoms with van der Waals surface area (Å²) in [5.41, 5.74) is 0. The Morgan fingerprint density at radius 3 is 2.50 bits per heavy atom. The molecule has 0 amide bonds. The summed E-state index contributed by atoms with van der Waals surface area (Å²) < 4.78 is 5.05. The van der Waals surface area contributed by atoms with Crippen LogP contribution in [-0.2, 0) is 9.53 Å². The van der Waals surface area contributed by atoms with E-state index in [9.17, 15) is 4.79 Å². The average Bonchev–Trinajstić information content (AvgIpc) is 2.16. The lowest BCUT2D eigenvalue weighted by molar-refractivity contribution is -0.144. The fourth-order valence-electron chi connectivity index (χ4n) is 1.18. The summed E-state index contributed by atoms with van der Waals surface area (Å²) in [6.45, 7) is 6.65. The molecule has 0 aromatic rings. The zero-order valence-electron chi connectivity index (χ0n) is 9.71. The van der Waals surface area contributed by atoms with Crippen LogP contribution in [0.1, 0.15) is 39.5 Å². The maximum Gasteiger partial charge on any atom is 0.307 e. The van der Waals surface area contributed by atoms with E-state index in [2.05, 4.69) is 18.7 Å². The van der Waals surface area contributed by atoms with E-state index in [1.54, 1.807) is 0 Å². The smallest absolute Gasteiger partial charge is 0.307 e. The highest BCUT2D eigenvalue weighted by Crippen LogP contribution is 1.94. The highest BCUT2D eigenvalue weighted by molar-refractivity contribution is 5.69. The summed E-state index contributed by atoms with van der Waals surface area (Å²) in [5, 5.41) is 0. The first-order valence-corrected chi connectivity index (χ1v) is 5.54. The number of hydrogen-bond acceptors (Lipinski definition) is 3. The van der Waals surface area contributed by atoms with Gasteiger partial charge in [-0.1, -0.05) is 20.3 Å². The Kier molecular flexibility index (Phi) is 8.64. The van der Waals surface area contributed by atoms with Gasteiger partial charge >= 0.3 is 5.97 Å². The van der Waals surface area contributed by atoms with Crippen LogP contribution in [-0.4, -0.2) is 37.6 Å². The molecule has 84 valence electrons. The summed E-state index contributed by atoms with van der Waals surface area (Å²) >= 11 is 0. The normalized spacial score (nSPS) is 10.6. The molecule has 3 heteroatoms. The molecule has 0 aromatic carbocycles.